The van der Waals surface area contributed by atoms with Crippen molar-refractivity contribution < 1.29 is 9.52 Å². The minimum Gasteiger partial charge on any atom is -0.467 e. The molecule has 1 aromatic rings. The molecule has 0 saturated heterocycles. The van der Waals surface area contributed by atoms with E-state index >= 15 is 0 Å². The van der Waals surface area contributed by atoms with Gasteiger partial charge in [-0.3, -0.25) is 0 Å². The standard InChI is InChI=1S/C14H25NO2/c1-3-5-8-12(7-4-2)15-11-13(16)14-9-6-10-17-14/h6,9-10,12-13,15-16H,3-5,7-8,11H2,1-2H3. The van der Waals surface area contributed by atoms with Crippen LogP contribution in [0.3, 0.4) is 0 Å². The van der Waals surface area contributed by atoms with Gasteiger partial charge in [-0.05, 0) is 25.0 Å². The van der Waals surface area contributed by atoms with E-state index in [0.717, 1.165) is 0 Å². The molecule has 1 heterocycles. The van der Waals surface area contributed by atoms with Gasteiger partial charge in [-0.15, -0.1) is 0 Å². The van der Waals surface area contributed by atoms with Crippen LogP contribution >= 0.6 is 0 Å². The second-order valence-electron chi connectivity index (χ2n) is 4.57. The molecule has 0 saturated carbocycles. The highest BCUT2D eigenvalue weighted by Gasteiger charge is 2.13. The Morgan fingerprint density at radius 3 is 2.71 bits per heavy atom. The lowest BCUT2D eigenvalue weighted by atomic mass is 10.0. The van der Waals surface area contributed by atoms with Crippen LogP contribution < -0.4 is 5.32 Å². The summed E-state index contributed by atoms with van der Waals surface area (Å²) >= 11 is 0. The zero-order valence-corrected chi connectivity index (χ0v) is 11.0. The predicted molar refractivity (Wildman–Crippen MR) is 69.9 cm³/mol. The molecular weight excluding hydrogens is 214 g/mol. The third-order valence-electron chi connectivity index (χ3n) is 3.01. The van der Waals surface area contributed by atoms with Crippen molar-refractivity contribution in [1.82, 2.24) is 5.32 Å². The molecule has 0 aliphatic rings. The Labute approximate surface area is 104 Å². The SMILES string of the molecule is CCCCC(CCC)NCC(O)c1ccco1. The average Bonchev–Trinajstić information content (AvgIpc) is 2.86. The molecule has 0 amide bonds. The van der Waals surface area contributed by atoms with Gasteiger partial charge in [0.1, 0.15) is 11.9 Å². The number of unbranched alkanes of at least 4 members (excludes halogenated alkanes) is 1. The van der Waals surface area contributed by atoms with Gasteiger partial charge in [0.05, 0.1) is 6.26 Å². The molecule has 0 radical (unpaired) electrons. The highest BCUT2D eigenvalue weighted by molar-refractivity contribution is 5.02. The first kappa shape index (κ1) is 14.3. The molecule has 3 heteroatoms. The van der Waals surface area contributed by atoms with Gasteiger partial charge in [-0.2, -0.15) is 0 Å². The van der Waals surface area contributed by atoms with E-state index < -0.39 is 6.10 Å². The Morgan fingerprint density at radius 2 is 2.12 bits per heavy atom. The Balaban J connectivity index is 2.30. The first-order valence-electron chi connectivity index (χ1n) is 6.72. The maximum absolute atomic E-state index is 9.90. The maximum atomic E-state index is 9.90. The van der Waals surface area contributed by atoms with Gasteiger partial charge in [-0.25, -0.2) is 0 Å². The summed E-state index contributed by atoms with van der Waals surface area (Å²) in [6, 6.07) is 4.14. The number of furan rings is 1. The molecule has 17 heavy (non-hydrogen) atoms. The van der Waals surface area contributed by atoms with E-state index in [1.54, 1.807) is 12.3 Å². The highest BCUT2D eigenvalue weighted by Crippen LogP contribution is 2.13. The summed E-state index contributed by atoms with van der Waals surface area (Å²) in [5.41, 5.74) is 0. The minimum atomic E-state index is -0.536. The Morgan fingerprint density at radius 1 is 1.29 bits per heavy atom. The van der Waals surface area contributed by atoms with Crippen molar-refractivity contribution in [1.29, 1.82) is 0 Å². The van der Waals surface area contributed by atoms with E-state index in [1.807, 2.05) is 6.07 Å². The van der Waals surface area contributed by atoms with Crippen LogP contribution in [-0.4, -0.2) is 17.7 Å². The first-order valence-corrected chi connectivity index (χ1v) is 6.72. The summed E-state index contributed by atoms with van der Waals surface area (Å²) in [6.07, 6.45) is 7.07. The summed E-state index contributed by atoms with van der Waals surface area (Å²) < 4.78 is 5.18. The molecule has 0 aliphatic carbocycles. The zero-order valence-electron chi connectivity index (χ0n) is 11.0. The molecule has 2 unspecified atom stereocenters. The molecule has 1 aromatic heterocycles. The maximum Gasteiger partial charge on any atom is 0.133 e. The topological polar surface area (TPSA) is 45.4 Å². The van der Waals surface area contributed by atoms with Crippen molar-refractivity contribution in [3.63, 3.8) is 0 Å². The number of rotatable bonds is 9. The second-order valence-corrected chi connectivity index (χ2v) is 4.57. The van der Waals surface area contributed by atoms with E-state index in [4.69, 9.17) is 4.42 Å². The number of hydrogen-bond acceptors (Lipinski definition) is 3. The Kier molecular flexibility index (Phi) is 6.97. The first-order chi connectivity index (χ1) is 8.27. The molecule has 1 rings (SSSR count). The minimum absolute atomic E-state index is 0.518. The lowest BCUT2D eigenvalue weighted by Gasteiger charge is -2.19. The Hall–Kier alpha value is -0.800. The number of aliphatic hydroxyl groups is 1. The summed E-state index contributed by atoms with van der Waals surface area (Å²) in [4.78, 5) is 0. The van der Waals surface area contributed by atoms with Crippen LogP contribution in [-0.2, 0) is 0 Å². The molecule has 3 nitrogen and oxygen atoms in total. The fraction of sp³-hybridized carbons (Fsp3) is 0.714. The Bertz CT molecular complexity index is 272. The molecule has 0 bridgehead atoms. The quantitative estimate of drug-likeness (QED) is 0.695. The third kappa shape index (κ3) is 5.37. The van der Waals surface area contributed by atoms with Crippen molar-refractivity contribution >= 4 is 0 Å². The van der Waals surface area contributed by atoms with E-state index in [1.165, 1.54) is 32.1 Å². The lowest BCUT2D eigenvalue weighted by molar-refractivity contribution is 0.142. The van der Waals surface area contributed by atoms with Crippen molar-refractivity contribution in [2.75, 3.05) is 6.54 Å². The number of aliphatic hydroxyl groups excluding tert-OH is 1. The van der Waals surface area contributed by atoms with E-state index in [-0.39, 0.29) is 0 Å². The molecule has 0 spiro atoms. The average molecular weight is 239 g/mol. The van der Waals surface area contributed by atoms with E-state index in [2.05, 4.69) is 19.2 Å². The van der Waals surface area contributed by atoms with E-state index in [9.17, 15) is 5.11 Å². The normalized spacial score (nSPS) is 14.8. The summed E-state index contributed by atoms with van der Waals surface area (Å²) in [5, 5.41) is 13.3. The van der Waals surface area contributed by atoms with Crippen LogP contribution in [0.15, 0.2) is 22.8 Å². The molecule has 0 fully saturated rings. The second kappa shape index (κ2) is 8.31. The monoisotopic (exact) mass is 239 g/mol. The van der Waals surface area contributed by atoms with Crippen LogP contribution in [0.25, 0.3) is 0 Å². The molecule has 98 valence electrons. The van der Waals surface area contributed by atoms with Gasteiger partial charge >= 0.3 is 0 Å². The molecule has 2 atom stereocenters. The van der Waals surface area contributed by atoms with Crippen LogP contribution in [0, 0.1) is 0 Å². The van der Waals surface area contributed by atoms with Crippen molar-refractivity contribution in [2.45, 2.75) is 58.1 Å². The van der Waals surface area contributed by atoms with Crippen molar-refractivity contribution in [2.24, 2.45) is 0 Å². The van der Waals surface area contributed by atoms with Crippen LogP contribution in [0.4, 0.5) is 0 Å². The number of hydrogen-bond donors (Lipinski definition) is 2. The fourth-order valence-corrected chi connectivity index (χ4v) is 2.01. The predicted octanol–water partition coefficient (Wildman–Crippen LogP) is 3.26. The molecule has 2 N–H and O–H groups in total. The van der Waals surface area contributed by atoms with Gasteiger partial charge in [0.15, 0.2) is 0 Å². The molecule has 0 aliphatic heterocycles. The van der Waals surface area contributed by atoms with Crippen LogP contribution in [0.5, 0.6) is 0 Å². The van der Waals surface area contributed by atoms with Gasteiger partial charge < -0.3 is 14.8 Å². The zero-order chi connectivity index (χ0) is 12.5. The number of nitrogens with one attached hydrogen (secondary N) is 1. The summed E-state index contributed by atoms with van der Waals surface area (Å²) in [6.45, 7) is 4.98. The van der Waals surface area contributed by atoms with Gasteiger partial charge in [-0.1, -0.05) is 33.1 Å². The van der Waals surface area contributed by atoms with Crippen LogP contribution in [0.1, 0.15) is 57.8 Å². The van der Waals surface area contributed by atoms with Crippen molar-refractivity contribution in [3.8, 4) is 0 Å². The van der Waals surface area contributed by atoms with Gasteiger partial charge in [0.2, 0.25) is 0 Å². The smallest absolute Gasteiger partial charge is 0.133 e. The van der Waals surface area contributed by atoms with Gasteiger partial charge in [0.25, 0.3) is 0 Å². The summed E-state index contributed by atoms with van der Waals surface area (Å²) in [7, 11) is 0. The van der Waals surface area contributed by atoms with Crippen molar-refractivity contribution in [3.05, 3.63) is 24.2 Å². The largest absolute Gasteiger partial charge is 0.467 e. The van der Waals surface area contributed by atoms with Gasteiger partial charge in [0, 0.05) is 12.6 Å². The molecule has 0 aromatic carbocycles. The fourth-order valence-electron chi connectivity index (χ4n) is 2.01. The van der Waals surface area contributed by atoms with Crippen LogP contribution in [0.2, 0.25) is 0 Å². The van der Waals surface area contributed by atoms with E-state index in [0.29, 0.717) is 18.3 Å². The lowest BCUT2D eigenvalue weighted by Crippen LogP contribution is -2.32. The summed E-state index contributed by atoms with van der Waals surface area (Å²) in [5.74, 6) is 0.642. The molecular formula is C14H25NO2. The highest BCUT2D eigenvalue weighted by atomic mass is 16.4. The third-order valence-corrected chi connectivity index (χ3v) is 3.01.